The van der Waals surface area contributed by atoms with Gasteiger partial charge in [0.1, 0.15) is 12.4 Å². The molecule has 0 saturated carbocycles. The summed E-state index contributed by atoms with van der Waals surface area (Å²) in [6.07, 6.45) is 0. The monoisotopic (exact) mass is 356 g/mol. The van der Waals surface area contributed by atoms with Crippen molar-refractivity contribution in [2.75, 3.05) is 11.9 Å². The first-order valence-corrected chi connectivity index (χ1v) is 8.57. The van der Waals surface area contributed by atoms with E-state index in [2.05, 4.69) is 26.1 Å². The third-order valence-corrected chi connectivity index (χ3v) is 4.11. The summed E-state index contributed by atoms with van der Waals surface area (Å²) >= 11 is 0. The largest absolute Gasteiger partial charge is 0.329 e. The number of carbonyl (C=O) groups is 2. The zero-order chi connectivity index (χ0) is 19.3. The number of hydrogen-bond acceptors (Lipinski definition) is 2. The lowest BCUT2D eigenvalue weighted by Gasteiger charge is -2.24. The highest BCUT2D eigenvalue weighted by Gasteiger charge is 2.20. The van der Waals surface area contributed by atoms with E-state index in [1.165, 1.54) is 17.9 Å². The molecular weight excluding hydrogens is 331 g/mol. The van der Waals surface area contributed by atoms with Crippen LogP contribution in [0.5, 0.6) is 0 Å². The second kappa shape index (κ2) is 8.13. The van der Waals surface area contributed by atoms with Gasteiger partial charge in [-0.05, 0) is 23.1 Å². The van der Waals surface area contributed by atoms with E-state index >= 15 is 0 Å². The Hall–Kier alpha value is -2.69. The summed E-state index contributed by atoms with van der Waals surface area (Å²) in [4.78, 5) is 25.7. The van der Waals surface area contributed by atoms with Crippen molar-refractivity contribution in [1.82, 2.24) is 4.90 Å². The van der Waals surface area contributed by atoms with Crippen LogP contribution in [0.15, 0.2) is 48.5 Å². The summed E-state index contributed by atoms with van der Waals surface area (Å²) in [5.41, 5.74) is 1.99. The van der Waals surface area contributed by atoms with Crippen LogP contribution in [0.25, 0.3) is 0 Å². The van der Waals surface area contributed by atoms with E-state index in [-0.39, 0.29) is 30.3 Å². The van der Waals surface area contributed by atoms with Crippen molar-refractivity contribution in [1.29, 1.82) is 0 Å². The molecule has 0 fully saturated rings. The summed E-state index contributed by atoms with van der Waals surface area (Å²) in [5, 5.41) is 2.88. The Morgan fingerprint density at radius 1 is 1.04 bits per heavy atom. The number of nitrogens with zero attached hydrogens (tertiary/aromatic N) is 1. The van der Waals surface area contributed by atoms with Crippen LogP contribution in [0.3, 0.4) is 0 Å². The maximum atomic E-state index is 13.8. The summed E-state index contributed by atoms with van der Waals surface area (Å²) in [5.74, 6) is -0.988. The van der Waals surface area contributed by atoms with Gasteiger partial charge in [0.05, 0.1) is 0 Å². The van der Waals surface area contributed by atoms with E-state index in [0.29, 0.717) is 5.56 Å². The number of para-hydroxylation sites is 1. The van der Waals surface area contributed by atoms with Gasteiger partial charge in [-0.15, -0.1) is 0 Å². The van der Waals surface area contributed by atoms with Crippen molar-refractivity contribution < 1.29 is 14.0 Å². The van der Waals surface area contributed by atoms with Crippen molar-refractivity contribution in [2.45, 2.75) is 39.7 Å². The predicted octanol–water partition coefficient (Wildman–Crippen LogP) is 4.11. The molecule has 0 aliphatic carbocycles. The van der Waals surface area contributed by atoms with Gasteiger partial charge in [0.2, 0.25) is 11.8 Å². The molecule has 0 saturated heterocycles. The Balaban J connectivity index is 2.12. The van der Waals surface area contributed by atoms with Crippen LogP contribution in [0.1, 0.15) is 38.8 Å². The van der Waals surface area contributed by atoms with Gasteiger partial charge >= 0.3 is 0 Å². The molecule has 0 heterocycles. The third-order valence-electron chi connectivity index (χ3n) is 4.11. The minimum absolute atomic E-state index is 0.0519. The predicted molar refractivity (Wildman–Crippen MR) is 101 cm³/mol. The third kappa shape index (κ3) is 5.15. The van der Waals surface area contributed by atoms with E-state index in [1.807, 2.05) is 24.3 Å². The number of carbonyl (C=O) groups excluding carboxylic acids is 2. The Morgan fingerprint density at radius 3 is 2.27 bits per heavy atom. The zero-order valence-corrected chi connectivity index (χ0v) is 15.7. The highest BCUT2D eigenvalue weighted by atomic mass is 19.1. The van der Waals surface area contributed by atoms with Crippen LogP contribution < -0.4 is 5.32 Å². The van der Waals surface area contributed by atoms with Crippen molar-refractivity contribution in [3.8, 4) is 0 Å². The number of anilines is 1. The summed E-state index contributed by atoms with van der Waals surface area (Å²) in [6.45, 7) is 7.49. The molecular formula is C21H25FN2O2. The molecule has 26 heavy (non-hydrogen) atoms. The highest BCUT2D eigenvalue weighted by Crippen LogP contribution is 2.29. The standard InChI is InChI=1S/C21H25FN2O2/c1-15(25)24(13-16-9-5-7-11-18(16)22)14-20(26)23-19-12-8-6-10-17(19)21(2,3)4/h5-12H,13-14H2,1-4H3,(H,23,26). The first kappa shape index (κ1) is 19.6. The first-order valence-electron chi connectivity index (χ1n) is 8.57. The lowest BCUT2D eigenvalue weighted by molar-refractivity contribution is -0.133. The van der Waals surface area contributed by atoms with Crippen LogP contribution in [-0.2, 0) is 21.5 Å². The molecule has 4 nitrogen and oxygen atoms in total. The molecule has 2 aromatic carbocycles. The van der Waals surface area contributed by atoms with E-state index in [4.69, 9.17) is 0 Å². The molecule has 0 radical (unpaired) electrons. The molecule has 0 aliphatic rings. The summed E-state index contributed by atoms with van der Waals surface area (Å²) in [6, 6.07) is 13.8. The van der Waals surface area contributed by atoms with Crippen LogP contribution in [0.4, 0.5) is 10.1 Å². The fourth-order valence-electron chi connectivity index (χ4n) is 2.72. The second-order valence-corrected chi connectivity index (χ2v) is 7.31. The van der Waals surface area contributed by atoms with Gasteiger partial charge < -0.3 is 10.2 Å². The molecule has 2 aromatic rings. The zero-order valence-electron chi connectivity index (χ0n) is 15.7. The molecule has 0 aliphatic heterocycles. The fraction of sp³-hybridized carbons (Fsp3) is 0.333. The number of amides is 2. The molecule has 0 spiro atoms. The van der Waals surface area contributed by atoms with E-state index in [1.54, 1.807) is 18.2 Å². The van der Waals surface area contributed by atoms with E-state index < -0.39 is 5.82 Å². The van der Waals surface area contributed by atoms with Crippen molar-refractivity contribution in [2.24, 2.45) is 0 Å². The SMILES string of the molecule is CC(=O)N(CC(=O)Nc1ccccc1C(C)(C)C)Cc1ccccc1F. The Kier molecular flexibility index (Phi) is 6.14. The van der Waals surface area contributed by atoms with Gasteiger partial charge in [-0.25, -0.2) is 4.39 Å². The normalized spacial score (nSPS) is 11.1. The van der Waals surface area contributed by atoms with E-state index in [0.717, 1.165) is 11.3 Å². The average Bonchev–Trinajstić information content (AvgIpc) is 2.55. The van der Waals surface area contributed by atoms with Crippen LogP contribution in [-0.4, -0.2) is 23.3 Å². The highest BCUT2D eigenvalue weighted by molar-refractivity contribution is 5.95. The number of halogens is 1. The summed E-state index contributed by atoms with van der Waals surface area (Å²) in [7, 11) is 0. The van der Waals surface area contributed by atoms with Gasteiger partial charge in [-0.3, -0.25) is 9.59 Å². The molecule has 0 unspecified atom stereocenters. The molecule has 1 N–H and O–H groups in total. The average molecular weight is 356 g/mol. The van der Waals surface area contributed by atoms with Crippen molar-refractivity contribution >= 4 is 17.5 Å². The molecule has 0 atom stereocenters. The van der Waals surface area contributed by atoms with Crippen LogP contribution in [0, 0.1) is 5.82 Å². The second-order valence-electron chi connectivity index (χ2n) is 7.31. The maximum Gasteiger partial charge on any atom is 0.244 e. The summed E-state index contributed by atoms with van der Waals surface area (Å²) < 4.78 is 13.8. The minimum Gasteiger partial charge on any atom is -0.329 e. The van der Waals surface area contributed by atoms with Gasteiger partial charge in [0.25, 0.3) is 0 Å². The molecule has 0 aromatic heterocycles. The quantitative estimate of drug-likeness (QED) is 0.876. The lowest BCUT2D eigenvalue weighted by atomic mass is 9.86. The lowest BCUT2D eigenvalue weighted by Crippen LogP contribution is -2.36. The Morgan fingerprint density at radius 2 is 1.65 bits per heavy atom. The van der Waals surface area contributed by atoms with Gasteiger partial charge in [0, 0.05) is 24.7 Å². The smallest absolute Gasteiger partial charge is 0.244 e. The molecule has 138 valence electrons. The Bertz CT molecular complexity index is 797. The minimum atomic E-state index is -0.391. The molecule has 0 bridgehead atoms. The van der Waals surface area contributed by atoms with Crippen LogP contribution in [0.2, 0.25) is 0 Å². The topological polar surface area (TPSA) is 49.4 Å². The molecule has 2 rings (SSSR count). The van der Waals surface area contributed by atoms with Crippen molar-refractivity contribution in [3.05, 3.63) is 65.5 Å². The van der Waals surface area contributed by atoms with Gasteiger partial charge in [-0.2, -0.15) is 0 Å². The fourth-order valence-corrected chi connectivity index (χ4v) is 2.72. The number of hydrogen-bond donors (Lipinski definition) is 1. The van der Waals surface area contributed by atoms with Crippen molar-refractivity contribution in [3.63, 3.8) is 0 Å². The number of nitrogens with one attached hydrogen (secondary N) is 1. The first-order chi connectivity index (χ1) is 12.2. The van der Waals surface area contributed by atoms with E-state index in [9.17, 15) is 14.0 Å². The van der Waals surface area contributed by atoms with Gasteiger partial charge in [-0.1, -0.05) is 57.2 Å². The van der Waals surface area contributed by atoms with Gasteiger partial charge in [0.15, 0.2) is 0 Å². The molecule has 5 heteroatoms. The number of rotatable bonds is 5. The van der Waals surface area contributed by atoms with Crippen LogP contribution >= 0.6 is 0 Å². The molecule has 2 amide bonds. The number of benzene rings is 2. The Labute approximate surface area is 154 Å². The maximum absolute atomic E-state index is 13.8.